The summed E-state index contributed by atoms with van der Waals surface area (Å²) < 4.78 is 9.26. The van der Waals surface area contributed by atoms with Crippen LogP contribution in [0.4, 0.5) is 0 Å². The second-order valence-corrected chi connectivity index (χ2v) is 13.1. The molecule has 0 spiro atoms. The van der Waals surface area contributed by atoms with Gasteiger partial charge in [-0.1, -0.05) is 65.2 Å². The van der Waals surface area contributed by atoms with E-state index >= 15 is 0 Å². The summed E-state index contributed by atoms with van der Waals surface area (Å²) in [6.07, 6.45) is 16.1. The monoisotopic (exact) mass is 498 g/mol. The zero-order chi connectivity index (χ0) is 21.9. The highest BCUT2D eigenvalue weighted by atomic mass is 32.1. The number of unbranched alkanes of at least 4 members (excludes halogenated alkanes) is 8. The van der Waals surface area contributed by atoms with Crippen LogP contribution in [-0.4, -0.2) is 0 Å². The molecule has 0 amide bonds. The normalized spacial score (nSPS) is 12.3. The van der Waals surface area contributed by atoms with Crippen LogP contribution in [0.1, 0.15) is 89.2 Å². The smallest absolute Gasteiger partial charge is 0.0545 e. The molecule has 0 N–H and O–H groups in total. The number of rotatable bonds is 12. The van der Waals surface area contributed by atoms with E-state index in [1.54, 1.807) is 40.7 Å². The molecule has 32 heavy (non-hydrogen) atoms. The molecule has 4 heterocycles. The summed E-state index contributed by atoms with van der Waals surface area (Å²) >= 11 is 8.02. The topological polar surface area (TPSA) is 0 Å². The fraction of sp³-hybridized carbons (Fsp3) is 0.500. The van der Waals surface area contributed by atoms with Gasteiger partial charge in [0.05, 0.1) is 18.8 Å². The first-order chi connectivity index (χ1) is 15.8. The van der Waals surface area contributed by atoms with Gasteiger partial charge in [-0.25, -0.2) is 0 Å². The van der Waals surface area contributed by atoms with Gasteiger partial charge in [-0.3, -0.25) is 0 Å². The molecule has 4 aromatic heterocycles. The van der Waals surface area contributed by atoms with Crippen molar-refractivity contribution in [1.29, 1.82) is 0 Å². The van der Waals surface area contributed by atoms with Gasteiger partial charge < -0.3 is 0 Å². The van der Waals surface area contributed by atoms with E-state index in [4.69, 9.17) is 0 Å². The number of fused-ring (bicyclic) bond motifs is 7. The van der Waals surface area contributed by atoms with Crippen molar-refractivity contribution < 1.29 is 0 Å². The lowest BCUT2D eigenvalue weighted by molar-refractivity contribution is 0.623. The fourth-order valence-electron chi connectivity index (χ4n) is 5.18. The van der Waals surface area contributed by atoms with Gasteiger partial charge in [0.1, 0.15) is 0 Å². The molecule has 5 aromatic rings. The van der Waals surface area contributed by atoms with Gasteiger partial charge in [0.15, 0.2) is 0 Å². The number of hydrogen-bond acceptors (Lipinski definition) is 4. The number of benzene rings is 1. The summed E-state index contributed by atoms with van der Waals surface area (Å²) in [5.41, 5.74) is 3.42. The van der Waals surface area contributed by atoms with Crippen LogP contribution in [0, 0.1) is 0 Å². The van der Waals surface area contributed by atoms with E-state index in [0.29, 0.717) is 0 Å². The average molecular weight is 499 g/mol. The predicted molar refractivity (Wildman–Crippen MR) is 153 cm³/mol. The lowest BCUT2D eigenvalue weighted by atomic mass is 9.91. The van der Waals surface area contributed by atoms with Gasteiger partial charge in [-0.15, -0.1) is 45.3 Å². The Labute approximate surface area is 208 Å². The van der Waals surface area contributed by atoms with Crippen LogP contribution in [0.15, 0.2) is 22.9 Å². The fourth-order valence-corrected chi connectivity index (χ4v) is 10.2. The van der Waals surface area contributed by atoms with Crippen molar-refractivity contribution in [2.24, 2.45) is 0 Å². The number of aryl methyl sites for hydroxylation is 2. The zero-order valence-electron chi connectivity index (χ0n) is 19.4. The summed E-state index contributed by atoms with van der Waals surface area (Å²) in [5.74, 6) is 0. The lowest BCUT2D eigenvalue weighted by Crippen LogP contribution is -1.98. The summed E-state index contributed by atoms with van der Waals surface area (Å²) in [6, 6.07) is 4.70. The molecule has 0 saturated carbocycles. The molecule has 0 bridgehead atoms. The van der Waals surface area contributed by atoms with Gasteiger partial charge >= 0.3 is 0 Å². The second-order valence-electron chi connectivity index (χ2n) is 9.13. The first-order valence-electron chi connectivity index (χ1n) is 12.6. The maximum atomic E-state index is 2.35. The van der Waals surface area contributed by atoms with Crippen LogP contribution in [-0.2, 0) is 12.8 Å². The second kappa shape index (κ2) is 10.5. The molecular formula is C28H34S4. The molecule has 0 aliphatic heterocycles. The zero-order valence-corrected chi connectivity index (χ0v) is 22.7. The third-order valence-electron chi connectivity index (χ3n) is 6.83. The SMILES string of the molecule is CCCCCCCc1c(CCCCCCC)c2c3sccc3sc2c2sc3ccsc3c12. The van der Waals surface area contributed by atoms with E-state index in [-0.39, 0.29) is 0 Å². The van der Waals surface area contributed by atoms with E-state index in [1.165, 1.54) is 86.4 Å². The quantitative estimate of drug-likeness (QED) is 0.150. The van der Waals surface area contributed by atoms with Crippen molar-refractivity contribution >= 4 is 84.3 Å². The standard InChI is InChI=1S/C28H34S4/c1-3-5-7-9-11-13-19-20(14-12-10-8-6-4-2)24-26-22(16-18-30-26)32-28(24)27-23(19)25-21(31-27)15-17-29-25/h15-18H,3-14H2,1-2H3. The number of hydrogen-bond donors (Lipinski definition) is 0. The summed E-state index contributed by atoms with van der Waals surface area (Å²) in [5, 5.41) is 7.85. The average Bonchev–Trinajstić information content (AvgIpc) is 3.54. The summed E-state index contributed by atoms with van der Waals surface area (Å²) in [6.45, 7) is 4.63. The van der Waals surface area contributed by atoms with Crippen LogP contribution in [0.25, 0.3) is 39.0 Å². The van der Waals surface area contributed by atoms with E-state index < -0.39 is 0 Å². The third kappa shape index (κ3) is 4.29. The van der Waals surface area contributed by atoms with Gasteiger partial charge in [0.25, 0.3) is 0 Å². The van der Waals surface area contributed by atoms with Crippen LogP contribution < -0.4 is 0 Å². The Hall–Kier alpha value is -0.940. The van der Waals surface area contributed by atoms with Crippen LogP contribution in [0.5, 0.6) is 0 Å². The van der Waals surface area contributed by atoms with E-state index in [1.807, 2.05) is 45.3 Å². The first kappa shape index (κ1) is 22.8. The Morgan fingerprint density at radius 2 is 0.969 bits per heavy atom. The minimum atomic E-state index is 1.26. The molecular weight excluding hydrogens is 465 g/mol. The molecule has 0 aliphatic rings. The molecule has 0 atom stereocenters. The number of thiophene rings is 4. The maximum absolute atomic E-state index is 2.35. The molecule has 0 saturated heterocycles. The van der Waals surface area contributed by atoms with Gasteiger partial charge in [-0.05, 0) is 59.7 Å². The van der Waals surface area contributed by atoms with E-state index in [2.05, 4.69) is 36.7 Å². The largest absolute Gasteiger partial charge is 0.142 e. The van der Waals surface area contributed by atoms with E-state index in [0.717, 1.165) is 0 Å². The Balaban J connectivity index is 1.64. The Morgan fingerprint density at radius 1 is 0.531 bits per heavy atom. The first-order valence-corrected chi connectivity index (χ1v) is 16.0. The van der Waals surface area contributed by atoms with Crippen LogP contribution in [0.3, 0.4) is 0 Å². The highest BCUT2D eigenvalue weighted by Crippen LogP contribution is 2.50. The van der Waals surface area contributed by atoms with Gasteiger partial charge in [0, 0.05) is 20.2 Å². The van der Waals surface area contributed by atoms with Crippen molar-refractivity contribution in [3.63, 3.8) is 0 Å². The highest BCUT2D eigenvalue weighted by Gasteiger charge is 2.22. The summed E-state index contributed by atoms with van der Waals surface area (Å²) in [4.78, 5) is 0. The van der Waals surface area contributed by atoms with Crippen molar-refractivity contribution in [3.05, 3.63) is 34.0 Å². The Morgan fingerprint density at radius 3 is 1.41 bits per heavy atom. The molecule has 0 fully saturated rings. The minimum absolute atomic E-state index is 1.26. The molecule has 1 aromatic carbocycles. The van der Waals surface area contributed by atoms with Crippen molar-refractivity contribution in [1.82, 2.24) is 0 Å². The van der Waals surface area contributed by atoms with Crippen molar-refractivity contribution in [2.75, 3.05) is 0 Å². The van der Waals surface area contributed by atoms with Crippen molar-refractivity contribution in [3.8, 4) is 0 Å². The van der Waals surface area contributed by atoms with Gasteiger partial charge in [0.2, 0.25) is 0 Å². The predicted octanol–water partition coefficient (Wildman–Crippen LogP) is 11.6. The van der Waals surface area contributed by atoms with E-state index in [9.17, 15) is 0 Å². The minimum Gasteiger partial charge on any atom is -0.142 e. The molecule has 0 unspecified atom stereocenters. The molecule has 0 nitrogen and oxygen atoms in total. The summed E-state index contributed by atoms with van der Waals surface area (Å²) in [7, 11) is 0. The highest BCUT2D eigenvalue weighted by molar-refractivity contribution is 7.38. The molecule has 4 heteroatoms. The van der Waals surface area contributed by atoms with Gasteiger partial charge in [-0.2, -0.15) is 0 Å². The third-order valence-corrected chi connectivity index (χ3v) is 11.4. The Bertz CT molecular complexity index is 1210. The molecule has 170 valence electrons. The lowest BCUT2D eigenvalue weighted by Gasteiger charge is -2.15. The molecule has 0 aliphatic carbocycles. The van der Waals surface area contributed by atoms with Crippen LogP contribution in [0.2, 0.25) is 0 Å². The molecule has 5 rings (SSSR count). The molecule has 0 radical (unpaired) electrons. The van der Waals surface area contributed by atoms with Crippen LogP contribution >= 0.6 is 45.3 Å². The maximum Gasteiger partial charge on any atom is 0.0545 e. The Kier molecular flexibility index (Phi) is 7.53. The van der Waals surface area contributed by atoms with Crippen molar-refractivity contribution in [2.45, 2.75) is 90.9 Å².